The number of carbonyl (C=O) groups excluding carboxylic acids is 1. The molecule has 0 saturated carbocycles. The van der Waals surface area contributed by atoms with Crippen LogP contribution in [0.15, 0.2) is 16.7 Å². The number of nitrogens with two attached hydrogens (primary N) is 1. The summed E-state index contributed by atoms with van der Waals surface area (Å²) in [6.45, 7) is 3.48. The molecule has 0 spiro atoms. The average Bonchev–Trinajstić information content (AvgIpc) is 2.85. The van der Waals surface area contributed by atoms with Crippen LogP contribution in [0.1, 0.15) is 37.5 Å². The number of benzene rings is 1. The lowest BCUT2D eigenvalue weighted by Crippen LogP contribution is -2.15. The molecule has 8 heteroatoms. The van der Waals surface area contributed by atoms with Gasteiger partial charge < -0.3 is 20.1 Å². The summed E-state index contributed by atoms with van der Waals surface area (Å²) in [5, 5.41) is 18.8. The molecule has 2 rings (SSSR count). The van der Waals surface area contributed by atoms with Gasteiger partial charge in [-0.2, -0.15) is 5.26 Å². The first-order valence-corrected chi connectivity index (χ1v) is 7.56. The number of nitrogen functional groups attached to an aromatic ring is 1. The number of ether oxygens (including phenoxy) is 1. The van der Waals surface area contributed by atoms with Crippen molar-refractivity contribution in [1.29, 1.82) is 5.26 Å². The summed E-state index contributed by atoms with van der Waals surface area (Å²) in [6.07, 6.45) is 1.33. The highest BCUT2D eigenvalue weighted by molar-refractivity contribution is 9.10. The first kappa shape index (κ1) is 17.6. The van der Waals surface area contributed by atoms with E-state index in [1.807, 2.05) is 6.07 Å². The van der Waals surface area contributed by atoms with Crippen molar-refractivity contribution in [1.82, 2.24) is 4.57 Å². The van der Waals surface area contributed by atoms with Crippen molar-refractivity contribution in [2.75, 3.05) is 12.8 Å². The van der Waals surface area contributed by atoms with Crippen LogP contribution in [0.4, 0.5) is 5.69 Å². The molecule has 124 valence electrons. The summed E-state index contributed by atoms with van der Waals surface area (Å²) in [6, 6.07) is 3.66. The van der Waals surface area contributed by atoms with Crippen molar-refractivity contribution in [3.63, 3.8) is 0 Å². The lowest BCUT2D eigenvalue weighted by molar-refractivity contribution is 0.0590. The largest absolute Gasteiger partial charge is 0.478 e. The molecule has 1 aromatic carbocycles. The number of anilines is 1. The van der Waals surface area contributed by atoms with Crippen molar-refractivity contribution >= 4 is 33.6 Å². The number of rotatable bonds is 3. The zero-order valence-electron chi connectivity index (χ0n) is 13.2. The summed E-state index contributed by atoms with van der Waals surface area (Å²) in [5.41, 5.74) is 7.33. The highest BCUT2D eigenvalue weighted by Gasteiger charge is 2.27. The van der Waals surface area contributed by atoms with Gasteiger partial charge >= 0.3 is 11.9 Å². The van der Waals surface area contributed by atoms with E-state index in [1.54, 1.807) is 19.9 Å². The quantitative estimate of drug-likeness (QED) is 0.776. The number of nitriles is 1. The molecule has 0 aliphatic carbocycles. The van der Waals surface area contributed by atoms with Crippen LogP contribution in [0.2, 0.25) is 0 Å². The zero-order chi connectivity index (χ0) is 18.2. The Bertz CT molecular complexity index is 909. The normalized spacial score (nSPS) is 10.3. The predicted molar refractivity (Wildman–Crippen MR) is 90.4 cm³/mol. The molecule has 0 unspecified atom stereocenters. The highest BCUT2D eigenvalue weighted by Crippen LogP contribution is 2.34. The van der Waals surface area contributed by atoms with Gasteiger partial charge in [-0.1, -0.05) is 6.07 Å². The minimum atomic E-state index is -1.18. The first-order valence-electron chi connectivity index (χ1n) is 6.77. The van der Waals surface area contributed by atoms with Gasteiger partial charge in [-0.15, -0.1) is 0 Å². The Hall–Kier alpha value is -2.79. The van der Waals surface area contributed by atoms with Crippen LogP contribution in [0.25, 0.3) is 5.69 Å². The Kier molecular flexibility index (Phi) is 4.66. The fourth-order valence-corrected chi connectivity index (χ4v) is 3.02. The monoisotopic (exact) mass is 391 g/mol. The zero-order valence-corrected chi connectivity index (χ0v) is 14.8. The van der Waals surface area contributed by atoms with Gasteiger partial charge in [-0.05, 0) is 40.9 Å². The van der Waals surface area contributed by atoms with E-state index in [0.717, 1.165) is 5.56 Å². The molecular formula is C16H14BrN3O4. The number of halogens is 1. The molecule has 24 heavy (non-hydrogen) atoms. The maximum Gasteiger partial charge on any atom is 0.357 e. The topological polar surface area (TPSA) is 118 Å². The molecule has 0 amide bonds. The van der Waals surface area contributed by atoms with Gasteiger partial charge in [-0.3, -0.25) is 0 Å². The molecule has 1 heterocycles. The van der Waals surface area contributed by atoms with Gasteiger partial charge in [0.05, 0.1) is 29.6 Å². The summed E-state index contributed by atoms with van der Waals surface area (Å²) in [5.74, 6) is -1.94. The summed E-state index contributed by atoms with van der Waals surface area (Å²) in [7, 11) is 1.18. The number of hydrogen-bond donors (Lipinski definition) is 2. The molecule has 0 aliphatic rings. The SMILES string of the molecule is COC(=O)c1c(N)c(C#N)cn1-c1c(C)cc(C)c(Br)c1C(=O)O. The number of carboxylic acid groups (broad SMARTS) is 1. The minimum absolute atomic E-state index is 0.0304. The van der Waals surface area contributed by atoms with E-state index in [9.17, 15) is 20.0 Å². The van der Waals surface area contributed by atoms with Gasteiger partial charge in [0.2, 0.25) is 0 Å². The number of hydrogen-bond acceptors (Lipinski definition) is 5. The van der Waals surface area contributed by atoms with Crippen LogP contribution in [-0.4, -0.2) is 28.7 Å². The number of nitrogens with zero attached hydrogens (tertiary/aromatic N) is 2. The molecule has 7 nitrogen and oxygen atoms in total. The standard InChI is InChI=1S/C16H14BrN3O4/c1-7-4-8(2)13(10(11(7)17)15(21)22)20-6-9(5-18)12(19)14(20)16(23)24-3/h4,6H,19H2,1-3H3,(H,21,22). The second-order valence-electron chi connectivity index (χ2n) is 5.13. The fraction of sp³-hybridized carbons (Fsp3) is 0.188. The number of carbonyl (C=O) groups is 2. The molecule has 0 aliphatic heterocycles. The fourth-order valence-electron chi connectivity index (χ4n) is 2.55. The lowest BCUT2D eigenvalue weighted by atomic mass is 10.0. The number of aryl methyl sites for hydroxylation is 2. The number of methoxy groups -OCH3 is 1. The second-order valence-corrected chi connectivity index (χ2v) is 5.92. The molecule has 3 N–H and O–H groups in total. The van der Waals surface area contributed by atoms with Crippen LogP contribution in [0.3, 0.4) is 0 Å². The van der Waals surface area contributed by atoms with Gasteiger partial charge in [-0.25, -0.2) is 9.59 Å². The molecule has 2 aromatic rings. The van der Waals surface area contributed by atoms with Gasteiger partial charge in [0.25, 0.3) is 0 Å². The van der Waals surface area contributed by atoms with E-state index >= 15 is 0 Å². The lowest BCUT2D eigenvalue weighted by Gasteiger charge is -2.17. The molecular weight excluding hydrogens is 378 g/mol. The Morgan fingerprint density at radius 2 is 2.00 bits per heavy atom. The second kappa shape index (κ2) is 6.37. The summed E-state index contributed by atoms with van der Waals surface area (Å²) >= 11 is 3.28. The van der Waals surface area contributed by atoms with Crippen molar-refractivity contribution in [2.24, 2.45) is 0 Å². The molecule has 0 fully saturated rings. The molecule has 0 radical (unpaired) electrons. The highest BCUT2D eigenvalue weighted by atomic mass is 79.9. The van der Waals surface area contributed by atoms with Crippen molar-refractivity contribution < 1.29 is 19.4 Å². The van der Waals surface area contributed by atoms with E-state index in [1.165, 1.54) is 17.9 Å². The van der Waals surface area contributed by atoms with Crippen LogP contribution < -0.4 is 5.73 Å². The third-order valence-electron chi connectivity index (χ3n) is 3.61. The number of aromatic nitrogens is 1. The van der Waals surface area contributed by atoms with Gasteiger partial charge in [0.15, 0.2) is 5.69 Å². The summed E-state index contributed by atoms with van der Waals surface area (Å²) < 4.78 is 6.40. The van der Waals surface area contributed by atoms with E-state index in [2.05, 4.69) is 15.9 Å². The van der Waals surface area contributed by atoms with Crippen molar-refractivity contribution in [3.05, 3.63) is 44.7 Å². The van der Waals surface area contributed by atoms with E-state index in [4.69, 9.17) is 10.5 Å². The van der Waals surface area contributed by atoms with E-state index in [0.29, 0.717) is 10.0 Å². The van der Waals surface area contributed by atoms with Gasteiger partial charge in [0, 0.05) is 10.7 Å². The Balaban J connectivity index is 2.98. The molecule has 1 aromatic heterocycles. The number of carboxylic acids is 1. The van der Waals surface area contributed by atoms with E-state index < -0.39 is 11.9 Å². The predicted octanol–water partition coefficient (Wildman–Crippen LogP) is 2.80. The van der Waals surface area contributed by atoms with Crippen molar-refractivity contribution in [2.45, 2.75) is 13.8 Å². The number of esters is 1. The maximum atomic E-state index is 12.1. The third-order valence-corrected chi connectivity index (χ3v) is 4.63. The maximum absolute atomic E-state index is 12.1. The molecule has 0 bridgehead atoms. The molecule has 0 atom stereocenters. The van der Waals surface area contributed by atoms with Crippen LogP contribution in [-0.2, 0) is 4.74 Å². The van der Waals surface area contributed by atoms with Gasteiger partial charge in [0.1, 0.15) is 6.07 Å². The minimum Gasteiger partial charge on any atom is -0.478 e. The Morgan fingerprint density at radius 3 is 2.50 bits per heavy atom. The number of aromatic carboxylic acids is 1. The Labute approximate surface area is 146 Å². The Morgan fingerprint density at radius 1 is 1.38 bits per heavy atom. The smallest absolute Gasteiger partial charge is 0.357 e. The van der Waals surface area contributed by atoms with Crippen LogP contribution in [0.5, 0.6) is 0 Å². The van der Waals surface area contributed by atoms with E-state index in [-0.39, 0.29) is 28.2 Å². The summed E-state index contributed by atoms with van der Waals surface area (Å²) in [4.78, 5) is 23.9. The van der Waals surface area contributed by atoms with Crippen LogP contribution in [0, 0.1) is 25.2 Å². The molecule has 0 saturated heterocycles. The third kappa shape index (κ3) is 2.63. The van der Waals surface area contributed by atoms with Crippen LogP contribution >= 0.6 is 15.9 Å². The average molecular weight is 392 g/mol. The first-order chi connectivity index (χ1) is 11.2. The van der Waals surface area contributed by atoms with Crippen molar-refractivity contribution in [3.8, 4) is 11.8 Å².